The highest BCUT2D eigenvalue weighted by Crippen LogP contribution is 2.23. The van der Waals surface area contributed by atoms with Crippen LogP contribution in [0, 0.1) is 0 Å². The normalized spacial score (nSPS) is 20.1. The third-order valence-electron chi connectivity index (χ3n) is 3.23. The lowest BCUT2D eigenvalue weighted by atomic mass is 9.92. The molecule has 1 aliphatic rings. The van der Waals surface area contributed by atoms with E-state index in [1.807, 2.05) is 13.1 Å². The largest absolute Gasteiger partial charge is 0.378 e. The van der Waals surface area contributed by atoms with Gasteiger partial charge < -0.3 is 10.1 Å². The molecule has 1 atom stereocenters. The zero-order chi connectivity index (χ0) is 13.2. The summed E-state index contributed by atoms with van der Waals surface area (Å²) in [5, 5.41) is 3.11. The lowest BCUT2D eigenvalue weighted by molar-refractivity contribution is 0.110. The Bertz CT molecular complexity index is 406. The molecule has 100 valence electrons. The van der Waals surface area contributed by atoms with Crippen molar-refractivity contribution < 1.29 is 4.74 Å². The highest BCUT2D eigenvalue weighted by molar-refractivity contribution is 5.37. The maximum Gasteiger partial charge on any atom is 0.133 e. The van der Waals surface area contributed by atoms with Gasteiger partial charge in [-0.3, -0.25) is 0 Å². The van der Waals surface area contributed by atoms with Crippen LogP contribution in [0.2, 0.25) is 0 Å². The number of anilines is 1. The van der Waals surface area contributed by atoms with Gasteiger partial charge in [0.25, 0.3) is 0 Å². The van der Waals surface area contributed by atoms with E-state index in [9.17, 15) is 0 Å². The van der Waals surface area contributed by atoms with E-state index >= 15 is 0 Å². The number of ether oxygens (including phenoxy) is 1. The van der Waals surface area contributed by atoms with Gasteiger partial charge in [-0.15, -0.1) is 0 Å². The number of hydrogen-bond acceptors (Lipinski definition) is 4. The summed E-state index contributed by atoms with van der Waals surface area (Å²) in [5.74, 6) is 1.78. The molecule has 1 unspecified atom stereocenters. The van der Waals surface area contributed by atoms with E-state index in [0.717, 1.165) is 43.2 Å². The minimum atomic E-state index is 0.0415. The summed E-state index contributed by atoms with van der Waals surface area (Å²) < 4.78 is 5.66. The lowest BCUT2D eigenvalue weighted by Gasteiger charge is -2.20. The van der Waals surface area contributed by atoms with Crippen LogP contribution in [0.4, 0.5) is 5.82 Å². The molecule has 1 saturated heterocycles. The zero-order valence-electron chi connectivity index (χ0n) is 11.8. The fourth-order valence-electron chi connectivity index (χ4n) is 2.11. The average Bonchev–Trinajstić information content (AvgIpc) is 2.80. The molecule has 1 aromatic heterocycles. The predicted octanol–water partition coefficient (Wildman–Crippen LogP) is 2.54. The predicted molar refractivity (Wildman–Crippen MR) is 73.0 cm³/mol. The van der Waals surface area contributed by atoms with Crippen LogP contribution in [-0.4, -0.2) is 29.7 Å². The minimum absolute atomic E-state index is 0.0415. The van der Waals surface area contributed by atoms with Gasteiger partial charge in [0.2, 0.25) is 0 Å². The summed E-state index contributed by atoms with van der Waals surface area (Å²) in [5.41, 5.74) is 1.12. The standard InChI is InChI=1S/C14H23N3O/c1-14(2,3)11-9-12(15-4)17-13(16-11)8-10-6-5-7-18-10/h9-10H,5-8H2,1-4H3,(H,15,16,17). The minimum Gasteiger partial charge on any atom is -0.378 e. The molecule has 0 spiro atoms. The molecular formula is C14H23N3O. The van der Waals surface area contributed by atoms with Crippen LogP contribution < -0.4 is 5.32 Å². The molecule has 4 nitrogen and oxygen atoms in total. The second kappa shape index (κ2) is 5.22. The lowest BCUT2D eigenvalue weighted by Crippen LogP contribution is -2.19. The monoisotopic (exact) mass is 249 g/mol. The van der Waals surface area contributed by atoms with Crippen molar-refractivity contribution in [2.24, 2.45) is 0 Å². The zero-order valence-corrected chi connectivity index (χ0v) is 11.8. The maximum atomic E-state index is 5.66. The topological polar surface area (TPSA) is 47.0 Å². The Kier molecular flexibility index (Phi) is 3.85. The highest BCUT2D eigenvalue weighted by Gasteiger charge is 2.21. The van der Waals surface area contributed by atoms with Crippen molar-refractivity contribution in [1.29, 1.82) is 0 Å². The molecule has 0 bridgehead atoms. The van der Waals surface area contributed by atoms with Crippen molar-refractivity contribution in [2.45, 2.75) is 51.6 Å². The van der Waals surface area contributed by atoms with Gasteiger partial charge >= 0.3 is 0 Å². The second-order valence-electron chi connectivity index (χ2n) is 5.89. The molecule has 0 saturated carbocycles. The molecule has 0 aliphatic carbocycles. The third-order valence-corrected chi connectivity index (χ3v) is 3.23. The summed E-state index contributed by atoms with van der Waals surface area (Å²) >= 11 is 0. The fourth-order valence-corrected chi connectivity index (χ4v) is 2.11. The van der Waals surface area contributed by atoms with Gasteiger partial charge in [-0.1, -0.05) is 20.8 Å². The molecule has 1 aromatic rings. The van der Waals surface area contributed by atoms with E-state index in [1.54, 1.807) is 0 Å². The summed E-state index contributed by atoms with van der Waals surface area (Å²) in [6.07, 6.45) is 3.39. The number of aromatic nitrogens is 2. The van der Waals surface area contributed by atoms with Crippen LogP contribution in [-0.2, 0) is 16.6 Å². The molecule has 1 fully saturated rings. The van der Waals surface area contributed by atoms with Gasteiger partial charge in [-0.05, 0) is 12.8 Å². The average molecular weight is 249 g/mol. The molecule has 1 N–H and O–H groups in total. The Morgan fingerprint density at radius 3 is 2.72 bits per heavy atom. The molecular weight excluding hydrogens is 226 g/mol. The van der Waals surface area contributed by atoms with E-state index in [1.165, 1.54) is 0 Å². The molecule has 1 aliphatic heterocycles. The van der Waals surface area contributed by atoms with Crippen LogP contribution in [0.3, 0.4) is 0 Å². The number of hydrogen-bond donors (Lipinski definition) is 1. The Morgan fingerprint density at radius 1 is 1.39 bits per heavy atom. The van der Waals surface area contributed by atoms with Crippen LogP contribution in [0.1, 0.15) is 45.1 Å². The van der Waals surface area contributed by atoms with Gasteiger partial charge in [0.15, 0.2) is 0 Å². The molecule has 0 amide bonds. The Morgan fingerprint density at radius 2 is 2.17 bits per heavy atom. The highest BCUT2D eigenvalue weighted by atomic mass is 16.5. The quantitative estimate of drug-likeness (QED) is 0.894. The molecule has 4 heteroatoms. The van der Waals surface area contributed by atoms with E-state index < -0.39 is 0 Å². The molecule has 2 heterocycles. The summed E-state index contributed by atoms with van der Waals surface area (Å²) in [6.45, 7) is 7.39. The SMILES string of the molecule is CNc1cc(C(C)(C)C)nc(CC2CCCO2)n1. The van der Waals surface area contributed by atoms with Crippen LogP contribution in [0.25, 0.3) is 0 Å². The third kappa shape index (κ3) is 3.19. The van der Waals surface area contributed by atoms with E-state index in [-0.39, 0.29) is 5.41 Å². The number of nitrogens with zero attached hydrogens (tertiary/aromatic N) is 2. The first kappa shape index (κ1) is 13.3. The van der Waals surface area contributed by atoms with E-state index in [2.05, 4.69) is 36.1 Å². The Hall–Kier alpha value is -1.16. The first-order valence-corrected chi connectivity index (χ1v) is 6.67. The van der Waals surface area contributed by atoms with Gasteiger partial charge in [-0.25, -0.2) is 9.97 Å². The van der Waals surface area contributed by atoms with Gasteiger partial charge in [-0.2, -0.15) is 0 Å². The smallest absolute Gasteiger partial charge is 0.133 e. The Labute approximate surface area is 109 Å². The van der Waals surface area contributed by atoms with Crippen molar-refractivity contribution in [3.63, 3.8) is 0 Å². The van der Waals surface area contributed by atoms with E-state index in [4.69, 9.17) is 4.74 Å². The fraction of sp³-hybridized carbons (Fsp3) is 0.714. The van der Waals surface area contributed by atoms with Crippen molar-refractivity contribution in [3.8, 4) is 0 Å². The first-order valence-electron chi connectivity index (χ1n) is 6.67. The molecule has 0 radical (unpaired) electrons. The van der Waals surface area contributed by atoms with Gasteiger partial charge in [0, 0.05) is 31.6 Å². The summed E-state index contributed by atoms with van der Waals surface area (Å²) in [4.78, 5) is 9.21. The second-order valence-corrected chi connectivity index (χ2v) is 5.89. The van der Waals surface area contributed by atoms with Gasteiger partial charge in [0.1, 0.15) is 11.6 Å². The number of rotatable bonds is 3. The summed E-state index contributed by atoms with van der Waals surface area (Å²) in [6, 6.07) is 2.03. The number of nitrogens with one attached hydrogen (secondary N) is 1. The molecule has 2 rings (SSSR count). The van der Waals surface area contributed by atoms with Crippen LogP contribution in [0.15, 0.2) is 6.07 Å². The van der Waals surface area contributed by atoms with Crippen LogP contribution >= 0.6 is 0 Å². The first-order chi connectivity index (χ1) is 8.49. The van der Waals surface area contributed by atoms with Crippen molar-refractivity contribution in [1.82, 2.24) is 9.97 Å². The Balaban J connectivity index is 2.23. The summed E-state index contributed by atoms with van der Waals surface area (Å²) in [7, 11) is 1.89. The molecule has 18 heavy (non-hydrogen) atoms. The van der Waals surface area contributed by atoms with Gasteiger partial charge in [0.05, 0.1) is 11.8 Å². The van der Waals surface area contributed by atoms with Crippen molar-refractivity contribution in [3.05, 3.63) is 17.6 Å². The van der Waals surface area contributed by atoms with Crippen molar-refractivity contribution in [2.75, 3.05) is 19.0 Å². The van der Waals surface area contributed by atoms with Crippen LogP contribution in [0.5, 0.6) is 0 Å². The van der Waals surface area contributed by atoms with E-state index in [0.29, 0.717) is 6.10 Å². The molecule has 0 aromatic carbocycles. The maximum absolute atomic E-state index is 5.66. The van der Waals surface area contributed by atoms with Crippen molar-refractivity contribution >= 4 is 5.82 Å².